The number of hydrogen-bond acceptors (Lipinski definition) is 7. The Labute approximate surface area is 191 Å². The Morgan fingerprint density at radius 1 is 1.12 bits per heavy atom. The minimum Gasteiger partial charge on any atom is -0.286 e. The first-order valence-electron chi connectivity index (χ1n) is 9.39. The number of rotatable bonds is 7. The molecule has 0 unspecified atom stereocenters. The molecule has 0 aliphatic rings. The van der Waals surface area contributed by atoms with Gasteiger partial charge in [0.1, 0.15) is 0 Å². The van der Waals surface area contributed by atoms with Gasteiger partial charge in [0.15, 0.2) is 15.7 Å². The summed E-state index contributed by atoms with van der Waals surface area (Å²) in [5.41, 5.74) is -0.000391. The highest BCUT2D eigenvalue weighted by atomic mass is 32.2. The number of thioether (sulfide) groups is 1. The molecule has 0 saturated carbocycles. The lowest BCUT2D eigenvalue weighted by molar-refractivity contribution is -0.158. The molecule has 1 amide bonds. The highest BCUT2D eigenvalue weighted by Crippen LogP contribution is 2.32. The van der Waals surface area contributed by atoms with Crippen LogP contribution < -0.4 is 0 Å². The number of aromatic nitrogens is 3. The van der Waals surface area contributed by atoms with Crippen molar-refractivity contribution in [2.45, 2.75) is 22.6 Å². The predicted octanol–water partition coefficient (Wildman–Crippen LogP) is 3.69. The fourth-order valence-corrected chi connectivity index (χ4v) is 4.14. The van der Waals surface area contributed by atoms with Crippen LogP contribution in [0.5, 0.6) is 0 Å². The minimum atomic E-state index is -4.49. The molecule has 0 saturated heterocycles. The molecule has 13 heteroatoms. The zero-order valence-corrected chi connectivity index (χ0v) is 19.1. The van der Waals surface area contributed by atoms with Crippen LogP contribution in [-0.4, -0.2) is 58.4 Å². The molecule has 0 aliphatic heterocycles. The van der Waals surface area contributed by atoms with Crippen LogP contribution in [0.2, 0.25) is 0 Å². The van der Waals surface area contributed by atoms with Crippen molar-refractivity contribution in [1.29, 1.82) is 0 Å². The normalized spacial score (nSPS) is 12.1. The van der Waals surface area contributed by atoms with Crippen LogP contribution in [0.4, 0.5) is 13.2 Å². The lowest BCUT2D eigenvalue weighted by Gasteiger charge is -2.09. The van der Waals surface area contributed by atoms with Crippen LogP contribution >= 0.6 is 11.8 Å². The molecule has 1 N–H and O–H groups in total. The molecule has 0 fully saturated rings. The quantitative estimate of drug-likeness (QED) is 0.300. The Morgan fingerprint density at radius 3 is 2.24 bits per heavy atom. The van der Waals surface area contributed by atoms with Gasteiger partial charge in [-0.1, -0.05) is 23.9 Å². The molecule has 0 spiro atoms. The number of sulfone groups is 1. The molecule has 1 aromatic heterocycles. The van der Waals surface area contributed by atoms with Gasteiger partial charge in [0.25, 0.3) is 0 Å². The van der Waals surface area contributed by atoms with Crippen molar-refractivity contribution in [3.8, 4) is 17.1 Å². The number of amides is 1. The second-order valence-electron chi connectivity index (χ2n) is 6.99. The lowest BCUT2D eigenvalue weighted by atomic mass is 10.1. The number of benzene rings is 2. The molecule has 0 radical (unpaired) electrons. The Kier molecular flexibility index (Phi) is 7.14. The summed E-state index contributed by atoms with van der Waals surface area (Å²) >= 11 is 1.13. The largest absolute Gasteiger partial charge is 0.416 e. The number of halogens is 3. The van der Waals surface area contributed by atoms with E-state index in [-0.39, 0.29) is 28.0 Å². The summed E-state index contributed by atoms with van der Waals surface area (Å²) in [5.74, 6) is -0.00192. The molecule has 3 aromatic rings. The van der Waals surface area contributed by atoms with Gasteiger partial charge in [0, 0.05) is 31.0 Å². The van der Waals surface area contributed by atoms with Gasteiger partial charge in [-0.2, -0.15) is 13.2 Å². The van der Waals surface area contributed by atoms with Crippen molar-refractivity contribution in [3.05, 3.63) is 54.1 Å². The molecule has 33 heavy (non-hydrogen) atoms. The zero-order chi connectivity index (χ0) is 24.4. The first kappa shape index (κ1) is 24.7. The maximum Gasteiger partial charge on any atom is 0.416 e. The van der Waals surface area contributed by atoms with Gasteiger partial charge in [-0.3, -0.25) is 10.0 Å². The Hall–Kier alpha value is -2.90. The first-order chi connectivity index (χ1) is 15.4. The van der Waals surface area contributed by atoms with Crippen LogP contribution in [0.1, 0.15) is 12.0 Å². The maximum absolute atomic E-state index is 12.9. The summed E-state index contributed by atoms with van der Waals surface area (Å²) in [6.07, 6.45) is -3.39. The second kappa shape index (κ2) is 9.53. The number of carbonyl (C=O) groups excluding carboxylic acids is 1. The molecular weight excluding hydrogens is 481 g/mol. The average Bonchev–Trinajstić information content (AvgIpc) is 3.16. The van der Waals surface area contributed by atoms with Crippen molar-refractivity contribution in [3.63, 3.8) is 0 Å². The Balaban J connectivity index is 1.97. The highest BCUT2D eigenvalue weighted by Gasteiger charge is 2.30. The number of alkyl halides is 3. The number of hydrogen-bond donors (Lipinski definition) is 1. The molecular formula is C20H19F3N4O4S2. The predicted molar refractivity (Wildman–Crippen MR) is 115 cm³/mol. The molecule has 0 aliphatic carbocycles. The minimum absolute atomic E-state index is 0.0187. The summed E-state index contributed by atoms with van der Waals surface area (Å²) in [7, 11) is -2.21. The van der Waals surface area contributed by atoms with Crippen LogP contribution in [0, 0.1) is 0 Å². The van der Waals surface area contributed by atoms with E-state index in [0.29, 0.717) is 16.3 Å². The van der Waals surface area contributed by atoms with Gasteiger partial charge >= 0.3 is 6.18 Å². The molecule has 1 heterocycles. The van der Waals surface area contributed by atoms with E-state index >= 15 is 0 Å². The van der Waals surface area contributed by atoms with Crippen molar-refractivity contribution in [2.75, 3.05) is 19.1 Å². The molecule has 3 rings (SSSR count). The molecule has 176 valence electrons. The standard InChI is InChI=1S/C20H19F3N4O4S2/c1-26(29)17(28)11-12-32-19-24-18(13-3-5-14(6-4-13)20(21,22)23)27(25-19)15-7-9-16(10-8-15)33(2,30)31/h3-10,29H,11-12H2,1-2H3. The third-order valence-corrected chi connectivity index (χ3v) is 6.44. The molecule has 2 aromatic carbocycles. The van der Waals surface area contributed by atoms with Crippen molar-refractivity contribution >= 4 is 27.5 Å². The van der Waals surface area contributed by atoms with Crippen molar-refractivity contribution < 1.29 is 31.6 Å². The smallest absolute Gasteiger partial charge is 0.286 e. The summed E-state index contributed by atoms with van der Waals surface area (Å²) in [6, 6.07) is 10.2. The van der Waals surface area contributed by atoms with Crippen molar-refractivity contribution in [2.24, 2.45) is 0 Å². The Morgan fingerprint density at radius 2 is 1.73 bits per heavy atom. The van der Waals surface area contributed by atoms with E-state index in [2.05, 4.69) is 10.1 Å². The van der Waals surface area contributed by atoms with Gasteiger partial charge < -0.3 is 0 Å². The number of hydroxylamine groups is 2. The summed E-state index contributed by atoms with van der Waals surface area (Å²) in [6.45, 7) is 0. The molecule has 0 bridgehead atoms. The van der Waals surface area contributed by atoms with Gasteiger partial charge in [0.2, 0.25) is 11.1 Å². The van der Waals surface area contributed by atoms with Crippen LogP contribution in [0.25, 0.3) is 17.1 Å². The second-order valence-corrected chi connectivity index (χ2v) is 10.1. The zero-order valence-electron chi connectivity index (χ0n) is 17.4. The van der Waals surface area contributed by atoms with E-state index < -0.39 is 27.5 Å². The average molecular weight is 501 g/mol. The first-order valence-corrected chi connectivity index (χ1v) is 12.3. The summed E-state index contributed by atoms with van der Waals surface area (Å²) in [5, 5.41) is 14.2. The van der Waals surface area contributed by atoms with Crippen LogP contribution in [0.15, 0.2) is 58.6 Å². The molecule has 0 atom stereocenters. The van der Waals surface area contributed by atoms with Crippen LogP contribution in [0.3, 0.4) is 0 Å². The number of nitrogens with zero attached hydrogens (tertiary/aromatic N) is 4. The third-order valence-electron chi connectivity index (χ3n) is 4.48. The fraction of sp³-hybridized carbons (Fsp3) is 0.250. The third kappa shape index (κ3) is 6.12. The van der Waals surface area contributed by atoms with Gasteiger partial charge in [-0.05, 0) is 36.4 Å². The fourth-order valence-electron chi connectivity index (χ4n) is 2.76. The van der Waals surface area contributed by atoms with E-state index in [0.717, 1.165) is 30.2 Å². The topological polar surface area (TPSA) is 105 Å². The van der Waals surface area contributed by atoms with E-state index in [4.69, 9.17) is 5.21 Å². The maximum atomic E-state index is 12.9. The highest BCUT2D eigenvalue weighted by molar-refractivity contribution is 7.99. The van der Waals surface area contributed by atoms with Crippen molar-refractivity contribution in [1.82, 2.24) is 19.8 Å². The Bertz CT molecular complexity index is 1240. The van der Waals surface area contributed by atoms with Gasteiger partial charge in [-0.25, -0.2) is 23.1 Å². The van der Waals surface area contributed by atoms with E-state index in [1.54, 1.807) is 0 Å². The van der Waals surface area contributed by atoms with E-state index in [9.17, 15) is 26.4 Å². The van der Waals surface area contributed by atoms with E-state index in [1.165, 1.54) is 48.1 Å². The SMILES string of the molecule is CN(O)C(=O)CCSc1nc(-c2ccc(C(F)(F)F)cc2)n(-c2ccc(S(C)(=O)=O)cc2)n1. The van der Waals surface area contributed by atoms with Crippen LogP contribution in [-0.2, 0) is 20.8 Å². The summed E-state index contributed by atoms with van der Waals surface area (Å²) < 4.78 is 63.6. The number of carbonyl (C=O) groups is 1. The molecule has 8 nitrogen and oxygen atoms in total. The van der Waals surface area contributed by atoms with Gasteiger partial charge in [0.05, 0.1) is 16.1 Å². The van der Waals surface area contributed by atoms with Gasteiger partial charge in [-0.15, -0.1) is 5.10 Å². The lowest BCUT2D eigenvalue weighted by Crippen LogP contribution is -2.22. The monoisotopic (exact) mass is 500 g/mol. The van der Waals surface area contributed by atoms with E-state index in [1.807, 2.05) is 0 Å². The summed E-state index contributed by atoms with van der Waals surface area (Å²) in [4.78, 5) is 16.0.